The second-order valence-electron chi connectivity index (χ2n) is 4.90. The summed E-state index contributed by atoms with van der Waals surface area (Å²) >= 11 is 0. The lowest BCUT2D eigenvalue weighted by Gasteiger charge is -2.26. The van der Waals surface area contributed by atoms with Gasteiger partial charge in [-0.25, -0.2) is 0 Å². The largest absolute Gasteiger partial charge is 0.341 e. The van der Waals surface area contributed by atoms with Crippen LogP contribution in [-0.2, 0) is 4.79 Å². The highest BCUT2D eigenvalue weighted by molar-refractivity contribution is 5.78. The number of amides is 1. The highest BCUT2D eigenvalue weighted by Crippen LogP contribution is 2.33. The first-order valence-electron chi connectivity index (χ1n) is 4.93. The van der Waals surface area contributed by atoms with Crippen molar-refractivity contribution in [1.29, 1.82) is 0 Å². The van der Waals surface area contributed by atoms with Gasteiger partial charge in [0.1, 0.15) is 0 Å². The van der Waals surface area contributed by atoms with E-state index in [1.165, 1.54) is 0 Å². The van der Waals surface area contributed by atoms with E-state index in [1.54, 1.807) is 0 Å². The topological polar surface area (TPSA) is 46.3 Å². The predicted octanol–water partition coefficient (Wildman–Crippen LogP) is 0.840. The number of rotatable bonds is 1. The van der Waals surface area contributed by atoms with E-state index in [0.29, 0.717) is 11.3 Å². The van der Waals surface area contributed by atoms with Crippen molar-refractivity contribution in [2.24, 2.45) is 17.1 Å². The lowest BCUT2D eigenvalue weighted by atomic mass is 9.80. The maximum absolute atomic E-state index is 11.3. The molecular weight excluding hydrogens is 164 g/mol. The fourth-order valence-electron chi connectivity index (χ4n) is 1.82. The third-order valence-corrected chi connectivity index (χ3v) is 2.94. The van der Waals surface area contributed by atoms with Crippen molar-refractivity contribution in [3.8, 4) is 0 Å². The average Bonchev–Trinajstić information content (AvgIpc) is 2.50. The Morgan fingerprint density at radius 1 is 1.54 bits per heavy atom. The minimum atomic E-state index is 0.0896. The Morgan fingerprint density at radius 3 is 2.54 bits per heavy atom. The number of nitrogens with two attached hydrogens (primary N) is 1. The van der Waals surface area contributed by atoms with Gasteiger partial charge in [-0.05, 0) is 17.8 Å². The summed E-state index contributed by atoms with van der Waals surface area (Å²) in [6.45, 7) is 8.62. The SMILES string of the molecule is CC(C)(C)[C@@H]1CCN(C(=O)CN)C1. The van der Waals surface area contributed by atoms with Crippen LogP contribution < -0.4 is 5.73 Å². The van der Waals surface area contributed by atoms with Crippen LogP contribution >= 0.6 is 0 Å². The van der Waals surface area contributed by atoms with Crippen LogP contribution in [0, 0.1) is 11.3 Å². The summed E-state index contributed by atoms with van der Waals surface area (Å²) in [5.74, 6) is 0.717. The Kier molecular flexibility index (Phi) is 2.96. The Balaban J connectivity index is 2.50. The first kappa shape index (κ1) is 10.5. The second-order valence-corrected chi connectivity index (χ2v) is 4.90. The number of hydrogen-bond donors (Lipinski definition) is 1. The molecule has 1 aliphatic heterocycles. The summed E-state index contributed by atoms with van der Waals surface area (Å²) in [5, 5.41) is 0. The van der Waals surface area contributed by atoms with E-state index >= 15 is 0 Å². The molecule has 0 radical (unpaired) electrons. The Bertz CT molecular complexity index is 196. The molecule has 2 N–H and O–H groups in total. The molecule has 1 saturated heterocycles. The molecule has 3 nitrogen and oxygen atoms in total. The minimum Gasteiger partial charge on any atom is -0.341 e. The fourth-order valence-corrected chi connectivity index (χ4v) is 1.82. The van der Waals surface area contributed by atoms with E-state index < -0.39 is 0 Å². The first-order valence-corrected chi connectivity index (χ1v) is 4.93. The second kappa shape index (κ2) is 3.66. The Labute approximate surface area is 80.3 Å². The van der Waals surface area contributed by atoms with Gasteiger partial charge >= 0.3 is 0 Å². The van der Waals surface area contributed by atoms with Crippen molar-refractivity contribution >= 4 is 5.91 Å². The van der Waals surface area contributed by atoms with E-state index in [2.05, 4.69) is 20.8 Å². The molecule has 0 aromatic rings. The minimum absolute atomic E-state index is 0.0896. The molecule has 1 aliphatic rings. The van der Waals surface area contributed by atoms with E-state index in [4.69, 9.17) is 5.73 Å². The van der Waals surface area contributed by atoms with Gasteiger partial charge in [-0.15, -0.1) is 0 Å². The van der Waals surface area contributed by atoms with Gasteiger partial charge in [0.05, 0.1) is 6.54 Å². The summed E-state index contributed by atoms with van der Waals surface area (Å²) < 4.78 is 0. The van der Waals surface area contributed by atoms with Crippen LogP contribution in [0.1, 0.15) is 27.2 Å². The number of nitrogens with zero attached hydrogens (tertiary/aromatic N) is 1. The molecule has 1 heterocycles. The zero-order valence-corrected chi connectivity index (χ0v) is 8.84. The molecule has 0 aliphatic carbocycles. The van der Waals surface area contributed by atoms with Crippen molar-refractivity contribution in [2.75, 3.05) is 19.6 Å². The van der Waals surface area contributed by atoms with Gasteiger partial charge in [-0.2, -0.15) is 0 Å². The van der Waals surface area contributed by atoms with Gasteiger partial charge in [-0.1, -0.05) is 20.8 Å². The smallest absolute Gasteiger partial charge is 0.236 e. The molecule has 0 bridgehead atoms. The van der Waals surface area contributed by atoms with Crippen LogP contribution in [0.3, 0.4) is 0 Å². The Morgan fingerprint density at radius 2 is 2.15 bits per heavy atom. The molecule has 13 heavy (non-hydrogen) atoms. The van der Waals surface area contributed by atoms with Crippen LogP contribution in [0.4, 0.5) is 0 Å². The quantitative estimate of drug-likeness (QED) is 0.656. The van der Waals surface area contributed by atoms with Crippen LogP contribution in [0.5, 0.6) is 0 Å². The van der Waals surface area contributed by atoms with Gasteiger partial charge in [-0.3, -0.25) is 4.79 Å². The molecule has 0 aromatic heterocycles. The van der Waals surface area contributed by atoms with E-state index in [0.717, 1.165) is 19.5 Å². The third-order valence-electron chi connectivity index (χ3n) is 2.94. The molecule has 1 amide bonds. The van der Waals surface area contributed by atoms with Crippen LogP contribution in [0.2, 0.25) is 0 Å². The molecule has 0 saturated carbocycles. The molecule has 1 fully saturated rings. The number of likely N-dealkylation sites (tertiary alicyclic amines) is 1. The first-order chi connectivity index (χ1) is 5.95. The van der Waals surface area contributed by atoms with Crippen molar-refractivity contribution in [1.82, 2.24) is 4.90 Å². The Hall–Kier alpha value is -0.570. The van der Waals surface area contributed by atoms with Crippen LogP contribution in [0.15, 0.2) is 0 Å². The third kappa shape index (κ3) is 2.44. The summed E-state index contributed by atoms with van der Waals surface area (Å²) in [5.41, 5.74) is 5.62. The molecule has 0 aromatic carbocycles. The van der Waals surface area contributed by atoms with E-state index in [-0.39, 0.29) is 12.5 Å². The van der Waals surface area contributed by atoms with Crippen molar-refractivity contribution in [3.63, 3.8) is 0 Å². The predicted molar refractivity (Wildman–Crippen MR) is 53.2 cm³/mol. The molecule has 0 spiro atoms. The van der Waals surface area contributed by atoms with Crippen molar-refractivity contribution in [3.05, 3.63) is 0 Å². The highest BCUT2D eigenvalue weighted by Gasteiger charge is 2.33. The molecule has 0 unspecified atom stereocenters. The summed E-state index contributed by atoms with van der Waals surface area (Å²) in [7, 11) is 0. The molecule has 1 atom stereocenters. The normalized spacial score (nSPS) is 23.7. The standard InChI is InChI=1S/C10H20N2O/c1-10(2,3)8-4-5-12(7-8)9(13)6-11/h8H,4-7,11H2,1-3H3/t8-/m1/s1. The summed E-state index contributed by atoms with van der Waals surface area (Å²) in [4.78, 5) is 13.2. The van der Waals surface area contributed by atoms with Gasteiger partial charge in [0, 0.05) is 13.1 Å². The zero-order chi connectivity index (χ0) is 10.1. The monoisotopic (exact) mass is 184 g/mol. The van der Waals surface area contributed by atoms with Gasteiger partial charge in [0.25, 0.3) is 0 Å². The van der Waals surface area contributed by atoms with E-state index in [9.17, 15) is 4.79 Å². The van der Waals surface area contributed by atoms with Crippen molar-refractivity contribution in [2.45, 2.75) is 27.2 Å². The summed E-state index contributed by atoms with van der Waals surface area (Å²) in [6, 6.07) is 0. The molecular formula is C10H20N2O. The van der Waals surface area contributed by atoms with Gasteiger partial charge in [0.15, 0.2) is 0 Å². The van der Waals surface area contributed by atoms with E-state index in [1.807, 2.05) is 4.90 Å². The fraction of sp³-hybridized carbons (Fsp3) is 0.900. The average molecular weight is 184 g/mol. The molecule has 76 valence electrons. The highest BCUT2D eigenvalue weighted by atomic mass is 16.2. The zero-order valence-electron chi connectivity index (χ0n) is 8.84. The maximum Gasteiger partial charge on any atom is 0.236 e. The molecule has 1 rings (SSSR count). The van der Waals surface area contributed by atoms with Crippen LogP contribution in [-0.4, -0.2) is 30.4 Å². The van der Waals surface area contributed by atoms with Crippen LogP contribution in [0.25, 0.3) is 0 Å². The molecule has 3 heteroatoms. The van der Waals surface area contributed by atoms with Crippen molar-refractivity contribution < 1.29 is 4.79 Å². The lowest BCUT2D eigenvalue weighted by molar-refractivity contribution is -0.128. The lowest BCUT2D eigenvalue weighted by Crippen LogP contribution is -2.35. The maximum atomic E-state index is 11.3. The number of carbonyl (C=O) groups is 1. The number of carbonyl (C=O) groups excluding carboxylic acids is 1. The summed E-state index contributed by atoms with van der Waals surface area (Å²) in [6.07, 6.45) is 1.12. The van der Waals surface area contributed by atoms with Gasteiger partial charge in [0.2, 0.25) is 5.91 Å². The number of hydrogen-bond acceptors (Lipinski definition) is 2. The van der Waals surface area contributed by atoms with Gasteiger partial charge < -0.3 is 10.6 Å².